The maximum Gasteiger partial charge on any atom is 0.534 e. The van der Waals surface area contributed by atoms with Crippen LogP contribution in [-0.4, -0.2) is 25.0 Å². The predicted molar refractivity (Wildman–Crippen MR) is 53.4 cm³/mol. The first kappa shape index (κ1) is 14.1. The van der Waals surface area contributed by atoms with Crippen LogP contribution in [0.25, 0.3) is 0 Å². The van der Waals surface area contributed by atoms with Crippen LogP contribution in [0.4, 0.5) is 18.9 Å². The summed E-state index contributed by atoms with van der Waals surface area (Å²) in [6.07, 6.45) is 0. The summed E-state index contributed by atoms with van der Waals surface area (Å²) >= 11 is 0. The van der Waals surface area contributed by atoms with Gasteiger partial charge in [0.25, 0.3) is 0 Å². The lowest BCUT2D eigenvalue weighted by Gasteiger charge is -2.10. The van der Waals surface area contributed by atoms with Crippen LogP contribution in [0, 0.1) is 0 Å². The van der Waals surface area contributed by atoms with Crippen LogP contribution in [0.1, 0.15) is 10.4 Å². The molecule has 0 radical (unpaired) electrons. The Kier molecular flexibility index (Phi) is 3.42. The van der Waals surface area contributed by atoms with Gasteiger partial charge < -0.3 is 15.0 Å². The van der Waals surface area contributed by atoms with Gasteiger partial charge >= 0.3 is 21.6 Å². The Morgan fingerprint density at radius 1 is 1.33 bits per heavy atom. The van der Waals surface area contributed by atoms with E-state index in [-0.39, 0.29) is 5.69 Å². The lowest BCUT2D eigenvalue weighted by Crippen LogP contribution is -2.28. The van der Waals surface area contributed by atoms with Crippen molar-refractivity contribution in [2.75, 3.05) is 5.73 Å². The highest BCUT2D eigenvalue weighted by Crippen LogP contribution is 2.28. The van der Waals surface area contributed by atoms with E-state index in [4.69, 9.17) is 10.8 Å². The summed E-state index contributed by atoms with van der Waals surface area (Å²) in [5.74, 6) is -2.32. The quantitative estimate of drug-likeness (QED) is 0.491. The molecule has 10 heteroatoms. The minimum atomic E-state index is -5.84. The Morgan fingerprint density at radius 3 is 2.33 bits per heavy atom. The number of hydrogen-bond donors (Lipinski definition) is 2. The summed E-state index contributed by atoms with van der Waals surface area (Å²) in [5.41, 5.74) is -1.17. The molecule has 6 nitrogen and oxygen atoms in total. The number of benzene rings is 1. The summed E-state index contributed by atoms with van der Waals surface area (Å²) in [4.78, 5) is 10.6. The van der Waals surface area contributed by atoms with Gasteiger partial charge in [-0.1, -0.05) is 0 Å². The third-order valence-corrected chi connectivity index (χ3v) is 2.72. The average Bonchev–Trinajstić information content (AvgIpc) is 2.18. The molecular formula is C8H6F3NO5S. The number of nitrogen functional groups attached to an aromatic ring is 1. The van der Waals surface area contributed by atoms with Crippen LogP contribution >= 0.6 is 0 Å². The molecule has 0 heterocycles. The number of hydrogen-bond acceptors (Lipinski definition) is 5. The Morgan fingerprint density at radius 2 is 1.89 bits per heavy atom. The summed E-state index contributed by atoms with van der Waals surface area (Å²) < 4.78 is 61.1. The van der Waals surface area contributed by atoms with E-state index in [2.05, 4.69) is 4.18 Å². The van der Waals surface area contributed by atoms with E-state index >= 15 is 0 Å². The predicted octanol–water partition coefficient (Wildman–Crippen LogP) is 1.20. The van der Waals surface area contributed by atoms with Crippen molar-refractivity contribution in [3.05, 3.63) is 23.8 Å². The molecule has 0 spiro atoms. The SMILES string of the molecule is Nc1ccc(OS(=O)(=O)C(F)(F)F)cc1C(=O)O. The van der Waals surface area contributed by atoms with Crippen LogP contribution in [-0.2, 0) is 10.1 Å². The molecule has 3 N–H and O–H groups in total. The molecule has 1 aromatic rings. The molecule has 0 aliphatic heterocycles. The van der Waals surface area contributed by atoms with Crippen LogP contribution in [0.3, 0.4) is 0 Å². The number of carbonyl (C=O) groups is 1. The number of aromatic carboxylic acids is 1. The fraction of sp³-hybridized carbons (Fsp3) is 0.125. The first-order chi connectivity index (χ1) is 8.04. The highest BCUT2D eigenvalue weighted by Gasteiger charge is 2.48. The van der Waals surface area contributed by atoms with Gasteiger partial charge in [-0.15, -0.1) is 0 Å². The molecule has 0 fully saturated rings. The van der Waals surface area contributed by atoms with E-state index in [1.807, 2.05) is 0 Å². The summed E-state index contributed by atoms with van der Waals surface area (Å²) in [6.45, 7) is 0. The van der Waals surface area contributed by atoms with Gasteiger partial charge in [-0.05, 0) is 18.2 Å². The molecule has 1 rings (SSSR count). The maximum absolute atomic E-state index is 12.0. The number of nitrogens with two attached hydrogens (primary N) is 1. The van der Waals surface area contributed by atoms with Crippen molar-refractivity contribution in [3.8, 4) is 5.75 Å². The van der Waals surface area contributed by atoms with Crippen molar-refractivity contribution in [2.24, 2.45) is 0 Å². The number of carboxylic acid groups (broad SMARTS) is 1. The second kappa shape index (κ2) is 4.37. The van der Waals surface area contributed by atoms with Crippen molar-refractivity contribution in [3.63, 3.8) is 0 Å². The molecule has 1 aromatic carbocycles. The highest BCUT2D eigenvalue weighted by molar-refractivity contribution is 7.88. The van der Waals surface area contributed by atoms with Crippen molar-refractivity contribution in [2.45, 2.75) is 5.51 Å². The minimum absolute atomic E-state index is 0.237. The van der Waals surface area contributed by atoms with Gasteiger partial charge in [0.2, 0.25) is 0 Å². The van der Waals surface area contributed by atoms with Crippen LogP contribution < -0.4 is 9.92 Å². The molecule has 0 saturated heterocycles. The van der Waals surface area contributed by atoms with E-state index in [0.717, 1.165) is 12.1 Å². The van der Waals surface area contributed by atoms with E-state index < -0.39 is 32.9 Å². The van der Waals surface area contributed by atoms with Gasteiger partial charge in [-0.2, -0.15) is 21.6 Å². The van der Waals surface area contributed by atoms with Gasteiger partial charge in [0.1, 0.15) is 5.75 Å². The van der Waals surface area contributed by atoms with Crippen molar-refractivity contribution < 1.29 is 35.7 Å². The number of carboxylic acids is 1. The zero-order valence-corrected chi connectivity index (χ0v) is 9.25. The second-order valence-electron chi connectivity index (χ2n) is 3.04. The molecule has 18 heavy (non-hydrogen) atoms. The molecule has 0 atom stereocenters. The zero-order chi connectivity index (χ0) is 14.1. The van der Waals surface area contributed by atoms with Crippen LogP contribution in [0.15, 0.2) is 18.2 Å². The van der Waals surface area contributed by atoms with Gasteiger partial charge in [0.15, 0.2) is 0 Å². The summed E-state index contributed by atoms with van der Waals surface area (Å²) in [7, 11) is -5.84. The highest BCUT2D eigenvalue weighted by atomic mass is 32.2. The van der Waals surface area contributed by atoms with Crippen LogP contribution in [0.2, 0.25) is 0 Å². The first-order valence-corrected chi connectivity index (χ1v) is 5.59. The maximum atomic E-state index is 12.0. The fourth-order valence-corrected chi connectivity index (χ4v) is 1.40. The monoisotopic (exact) mass is 285 g/mol. The normalized spacial score (nSPS) is 12.2. The van der Waals surface area contributed by atoms with Crippen molar-refractivity contribution in [1.29, 1.82) is 0 Å². The third kappa shape index (κ3) is 2.83. The topological polar surface area (TPSA) is 107 Å². The summed E-state index contributed by atoms with van der Waals surface area (Å²) in [5, 5.41) is 8.64. The number of anilines is 1. The minimum Gasteiger partial charge on any atom is -0.478 e. The molecule has 0 amide bonds. The van der Waals surface area contributed by atoms with Gasteiger partial charge in [-0.3, -0.25) is 0 Å². The third-order valence-electron chi connectivity index (χ3n) is 1.74. The smallest absolute Gasteiger partial charge is 0.478 e. The Balaban J connectivity index is 3.15. The van der Waals surface area contributed by atoms with E-state index in [0.29, 0.717) is 6.07 Å². The van der Waals surface area contributed by atoms with E-state index in [9.17, 15) is 26.4 Å². The van der Waals surface area contributed by atoms with Crippen molar-refractivity contribution in [1.82, 2.24) is 0 Å². The molecule has 0 aliphatic carbocycles. The lowest BCUT2D eigenvalue weighted by molar-refractivity contribution is -0.0500. The fourth-order valence-electron chi connectivity index (χ4n) is 0.946. The summed E-state index contributed by atoms with van der Waals surface area (Å²) in [6, 6.07) is 2.32. The molecule has 0 aromatic heterocycles. The largest absolute Gasteiger partial charge is 0.534 e. The first-order valence-electron chi connectivity index (χ1n) is 4.18. The molecular weight excluding hydrogens is 279 g/mol. The molecule has 0 saturated carbocycles. The zero-order valence-electron chi connectivity index (χ0n) is 8.43. The lowest BCUT2D eigenvalue weighted by atomic mass is 10.2. The van der Waals surface area contributed by atoms with E-state index in [1.165, 1.54) is 0 Å². The average molecular weight is 285 g/mol. The number of halogens is 3. The molecule has 0 unspecified atom stereocenters. The molecule has 100 valence electrons. The van der Waals surface area contributed by atoms with Crippen LogP contribution in [0.5, 0.6) is 5.75 Å². The Bertz CT molecular complexity index is 581. The number of alkyl halides is 3. The molecule has 0 aliphatic rings. The van der Waals surface area contributed by atoms with Gasteiger partial charge in [0, 0.05) is 5.69 Å². The Labute approximate surface area is 98.9 Å². The number of rotatable bonds is 3. The van der Waals surface area contributed by atoms with Gasteiger partial charge in [-0.25, -0.2) is 4.79 Å². The second-order valence-corrected chi connectivity index (χ2v) is 4.58. The van der Waals surface area contributed by atoms with E-state index in [1.54, 1.807) is 0 Å². The molecule has 0 bridgehead atoms. The van der Waals surface area contributed by atoms with Gasteiger partial charge in [0.05, 0.1) is 5.56 Å². The van der Waals surface area contributed by atoms with Crippen molar-refractivity contribution >= 4 is 21.8 Å². The standard InChI is InChI=1S/C8H6F3NO5S/c9-8(10,11)18(15,16)17-4-1-2-6(12)5(3-4)7(13)14/h1-3H,12H2,(H,13,14). The Hall–Kier alpha value is -1.97.